The molecule has 1 atom stereocenters. The van der Waals surface area contributed by atoms with E-state index in [9.17, 15) is 19.8 Å². The van der Waals surface area contributed by atoms with Gasteiger partial charge in [-0.1, -0.05) is 12.1 Å². The van der Waals surface area contributed by atoms with Crippen LogP contribution in [0.15, 0.2) is 55.0 Å². The first-order valence-corrected chi connectivity index (χ1v) is 11.1. The van der Waals surface area contributed by atoms with Gasteiger partial charge in [0.25, 0.3) is 11.8 Å². The highest BCUT2D eigenvalue weighted by molar-refractivity contribution is 6.03. The highest BCUT2D eigenvalue weighted by Gasteiger charge is 2.30. The Balaban J connectivity index is 1.30. The molecule has 5 N–H and O–H groups in total. The summed E-state index contributed by atoms with van der Waals surface area (Å²) in [7, 11) is 1.80. The molecule has 1 aliphatic rings. The predicted octanol–water partition coefficient (Wildman–Crippen LogP) is 2.27. The van der Waals surface area contributed by atoms with Gasteiger partial charge in [0.15, 0.2) is 0 Å². The van der Waals surface area contributed by atoms with Gasteiger partial charge in [-0.05, 0) is 36.1 Å². The largest absolute Gasteiger partial charge is 0.507 e. The van der Waals surface area contributed by atoms with Gasteiger partial charge in [0.05, 0.1) is 17.3 Å². The molecule has 0 spiro atoms. The number of carbonyl (C=O) groups excluding carboxylic acids is 2. The minimum atomic E-state index is -0.371. The summed E-state index contributed by atoms with van der Waals surface area (Å²) in [6.07, 6.45) is 5.65. The van der Waals surface area contributed by atoms with Crippen molar-refractivity contribution in [3.05, 3.63) is 66.1 Å². The van der Waals surface area contributed by atoms with Crippen LogP contribution in [0.4, 0.5) is 5.82 Å². The zero-order valence-corrected chi connectivity index (χ0v) is 19.0. The quantitative estimate of drug-likeness (QED) is 0.356. The lowest BCUT2D eigenvalue weighted by atomic mass is 10.0. The monoisotopic (exact) mass is 472 g/mol. The molecule has 10 nitrogen and oxygen atoms in total. The number of fused-ring (bicyclic) bond motifs is 1. The first kappa shape index (κ1) is 22.2. The van der Waals surface area contributed by atoms with Crippen LogP contribution in [0.2, 0.25) is 0 Å². The van der Waals surface area contributed by atoms with E-state index in [0.717, 1.165) is 11.1 Å². The van der Waals surface area contributed by atoms with Gasteiger partial charge in [0.2, 0.25) is 0 Å². The summed E-state index contributed by atoms with van der Waals surface area (Å²) in [5.41, 5.74) is 7.90. The molecule has 0 radical (unpaired) electrons. The number of phenolic OH excluding ortho intramolecular Hbond substituents is 2. The standard InChI is InChI=1S/C25H24N6O4/c1-30-12-16(11-28-30)15-8-20(23(26)27-10-15)24(34)29-17-5-6-31(13-17)25(35)19-7-14-3-2-4-21(32)18(14)9-22(19)33/h2-4,7-12,17,32-33H,5-6,13H2,1H3,(H2,26,27)(H,29,34)/t17-/m1/s1. The number of phenols is 2. The highest BCUT2D eigenvalue weighted by atomic mass is 16.3. The van der Waals surface area contributed by atoms with Crippen molar-refractivity contribution in [3.8, 4) is 22.6 Å². The Morgan fingerprint density at radius 3 is 2.69 bits per heavy atom. The van der Waals surface area contributed by atoms with Crippen molar-refractivity contribution in [1.29, 1.82) is 0 Å². The number of benzene rings is 2. The van der Waals surface area contributed by atoms with Crippen LogP contribution in [0.1, 0.15) is 27.1 Å². The predicted molar refractivity (Wildman–Crippen MR) is 130 cm³/mol. The first-order valence-electron chi connectivity index (χ1n) is 11.1. The van der Waals surface area contributed by atoms with Gasteiger partial charge in [-0.3, -0.25) is 14.3 Å². The van der Waals surface area contributed by atoms with E-state index >= 15 is 0 Å². The first-order chi connectivity index (χ1) is 16.8. The van der Waals surface area contributed by atoms with E-state index < -0.39 is 0 Å². The second kappa shape index (κ2) is 8.64. The summed E-state index contributed by atoms with van der Waals surface area (Å²) in [5.74, 6) is -0.775. The van der Waals surface area contributed by atoms with Gasteiger partial charge >= 0.3 is 0 Å². The van der Waals surface area contributed by atoms with Gasteiger partial charge in [0, 0.05) is 55.1 Å². The van der Waals surface area contributed by atoms with Crippen molar-refractivity contribution in [2.75, 3.05) is 18.8 Å². The molecule has 0 unspecified atom stereocenters. The minimum absolute atomic E-state index is 0.0297. The number of nitrogens with zero attached hydrogens (tertiary/aromatic N) is 4. The maximum absolute atomic E-state index is 13.1. The van der Waals surface area contributed by atoms with Crippen molar-refractivity contribution < 1.29 is 19.8 Å². The maximum Gasteiger partial charge on any atom is 0.257 e. The lowest BCUT2D eigenvalue weighted by molar-refractivity contribution is 0.0780. The van der Waals surface area contributed by atoms with Crippen LogP contribution in [-0.4, -0.2) is 60.8 Å². The SMILES string of the molecule is Cn1cc(-c2cnc(N)c(C(=O)N[C@@H]3CCN(C(=O)c4cc5cccc(O)c5cc4O)C3)c2)cn1. The fourth-order valence-electron chi connectivity index (χ4n) is 4.35. The summed E-state index contributed by atoms with van der Waals surface area (Å²) in [6.45, 7) is 0.711. The van der Waals surface area contributed by atoms with E-state index in [4.69, 9.17) is 5.73 Å². The van der Waals surface area contributed by atoms with Crippen LogP contribution in [0.25, 0.3) is 21.9 Å². The Kier molecular flexibility index (Phi) is 5.48. The lowest BCUT2D eigenvalue weighted by Gasteiger charge is -2.18. The Labute approximate surface area is 200 Å². The number of pyridine rings is 1. The topological polar surface area (TPSA) is 147 Å². The molecular weight excluding hydrogens is 448 g/mol. The molecule has 178 valence electrons. The number of nitrogens with two attached hydrogens (primary N) is 1. The average molecular weight is 473 g/mol. The number of likely N-dealkylation sites (tertiary alicyclic amines) is 1. The molecule has 10 heteroatoms. The van der Waals surface area contributed by atoms with Crippen LogP contribution in [0.5, 0.6) is 11.5 Å². The second-order valence-corrected chi connectivity index (χ2v) is 8.64. The summed E-state index contributed by atoms with van der Waals surface area (Å²) < 4.78 is 1.66. The summed E-state index contributed by atoms with van der Waals surface area (Å²) >= 11 is 0. The Morgan fingerprint density at radius 2 is 1.91 bits per heavy atom. The molecular formula is C25H24N6O4. The van der Waals surface area contributed by atoms with Crippen molar-refractivity contribution in [2.24, 2.45) is 7.05 Å². The number of nitrogen functional groups attached to an aromatic ring is 1. The van der Waals surface area contributed by atoms with Crippen molar-refractivity contribution in [3.63, 3.8) is 0 Å². The van der Waals surface area contributed by atoms with Crippen LogP contribution >= 0.6 is 0 Å². The van der Waals surface area contributed by atoms with Gasteiger partial charge < -0.3 is 26.2 Å². The van der Waals surface area contributed by atoms with Crippen molar-refractivity contribution in [2.45, 2.75) is 12.5 Å². The molecule has 0 bridgehead atoms. The third kappa shape index (κ3) is 4.21. The molecule has 0 aliphatic carbocycles. The Hall–Kier alpha value is -4.60. The van der Waals surface area contributed by atoms with E-state index in [1.807, 2.05) is 6.20 Å². The summed E-state index contributed by atoms with van der Waals surface area (Å²) in [6, 6.07) is 9.30. The summed E-state index contributed by atoms with van der Waals surface area (Å²) in [4.78, 5) is 31.8. The Bertz CT molecular complexity index is 1460. The second-order valence-electron chi connectivity index (χ2n) is 8.64. The van der Waals surface area contributed by atoms with Crippen LogP contribution in [0.3, 0.4) is 0 Å². The molecule has 1 aliphatic heterocycles. The minimum Gasteiger partial charge on any atom is -0.507 e. The highest BCUT2D eigenvalue weighted by Crippen LogP contribution is 2.32. The molecule has 1 saturated heterocycles. The third-order valence-electron chi connectivity index (χ3n) is 6.22. The van der Waals surface area contributed by atoms with Crippen LogP contribution in [-0.2, 0) is 7.05 Å². The summed E-state index contributed by atoms with van der Waals surface area (Å²) in [5, 5.41) is 28.6. The average Bonchev–Trinajstić information content (AvgIpc) is 3.48. The number of aromatic hydroxyl groups is 2. The normalized spacial score (nSPS) is 15.5. The lowest BCUT2D eigenvalue weighted by Crippen LogP contribution is -2.38. The number of aromatic nitrogens is 3. The number of rotatable bonds is 4. The molecule has 1 fully saturated rings. The molecule has 0 saturated carbocycles. The number of hydrogen-bond acceptors (Lipinski definition) is 7. The number of amides is 2. The van der Waals surface area contributed by atoms with Gasteiger partial charge in [-0.15, -0.1) is 0 Å². The third-order valence-corrected chi connectivity index (χ3v) is 6.22. The van der Waals surface area contributed by atoms with Crippen molar-refractivity contribution >= 4 is 28.4 Å². The number of nitrogens with one attached hydrogen (secondary N) is 1. The number of carbonyl (C=O) groups is 2. The molecule has 2 aromatic carbocycles. The van der Waals surface area contributed by atoms with E-state index in [2.05, 4.69) is 15.4 Å². The van der Waals surface area contributed by atoms with Gasteiger partial charge in [-0.2, -0.15) is 5.10 Å². The fraction of sp³-hybridized carbons (Fsp3) is 0.200. The number of anilines is 1. The number of hydrogen-bond donors (Lipinski definition) is 4. The van der Waals surface area contributed by atoms with E-state index in [-0.39, 0.29) is 52.8 Å². The molecule has 2 amide bonds. The van der Waals surface area contributed by atoms with E-state index in [1.54, 1.807) is 53.3 Å². The number of aryl methyl sites for hydroxylation is 1. The molecule has 4 aromatic rings. The van der Waals surface area contributed by atoms with E-state index in [1.165, 1.54) is 12.1 Å². The Morgan fingerprint density at radius 1 is 1.09 bits per heavy atom. The maximum atomic E-state index is 13.1. The van der Waals surface area contributed by atoms with Gasteiger partial charge in [0.1, 0.15) is 17.3 Å². The molecule has 35 heavy (non-hydrogen) atoms. The smallest absolute Gasteiger partial charge is 0.257 e. The molecule has 2 aromatic heterocycles. The van der Waals surface area contributed by atoms with Crippen LogP contribution in [0, 0.1) is 0 Å². The zero-order valence-electron chi connectivity index (χ0n) is 19.0. The van der Waals surface area contributed by atoms with Crippen molar-refractivity contribution in [1.82, 2.24) is 25.0 Å². The van der Waals surface area contributed by atoms with E-state index in [0.29, 0.717) is 23.7 Å². The van der Waals surface area contributed by atoms with Crippen LogP contribution < -0.4 is 11.1 Å². The molecule has 5 rings (SSSR count). The zero-order chi connectivity index (χ0) is 24.7. The van der Waals surface area contributed by atoms with Gasteiger partial charge in [-0.25, -0.2) is 4.98 Å². The molecule has 3 heterocycles. The fourth-order valence-corrected chi connectivity index (χ4v) is 4.35.